The third-order valence-corrected chi connectivity index (χ3v) is 12.1. The molecule has 2 aromatic heterocycles. The molecule has 2 amide bonds. The first-order chi connectivity index (χ1) is 23.7. The monoisotopic (exact) mass is 808 g/mol. The van der Waals surface area contributed by atoms with Gasteiger partial charge in [0.15, 0.2) is 21.2 Å². The number of phenolic OH excluding ortho intramolecular Hbond substituents is 1. The Hall–Kier alpha value is -4.05. The third kappa shape index (κ3) is 4.59. The van der Waals surface area contributed by atoms with Crippen molar-refractivity contribution in [1.29, 1.82) is 0 Å². The van der Waals surface area contributed by atoms with Gasteiger partial charge in [-0.2, -0.15) is 0 Å². The van der Waals surface area contributed by atoms with Crippen LogP contribution >= 0.6 is 50.7 Å². The van der Waals surface area contributed by atoms with E-state index in [2.05, 4.69) is 20.9 Å². The van der Waals surface area contributed by atoms with E-state index in [1.165, 1.54) is 46.3 Å². The summed E-state index contributed by atoms with van der Waals surface area (Å²) in [5.41, 5.74) is -0.174. The molecule has 1 saturated heterocycles. The summed E-state index contributed by atoms with van der Waals surface area (Å²) in [5, 5.41) is 10.1. The molecule has 2 aliphatic heterocycles. The number of alkyl halides is 3. The number of halogens is 4. The Kier molecular flexibility index (Phi) is 8.28. The summed E-state index contributed by atoms with van der Waals surface area (Å²) < 4.78 is 15.6. The number of rotatable bonds is 7. The van der Waals surface area contributed by atoms with E-state index < -0.39 is 50.5 Å². The Morgan fingerprint density at radius 1 is 1.02 bits per heavy atom. The predicted octanol–water partition coefficient (Wildman–Crippen LogP) is 3.02. The van der Waals surface area contributed by atoms with Gasteiger partial charge < -0.3 is 19.1 Å². The minimum atomic E-state index is -2.06. The first-order valence-corrected chi connectivity index (χ1v) is 17.5. The lowest BCUT2D eigenvalue weighted by molar-refractivity contribution is -0.138. The number of hydrogen-bond acceptors (Lipinski definition) is 9. The number of fused-ring (bicyclic) bond motifs is 5. The number of aryl methyl sites for hydroxylation is 2. The zero-order valence-corrected chi connectivity index (χ0v) is 30.5. The molecule has 3 aliphatic rings. The summed E-state index contributed by atoms with van der Waals surface area (Å²) in [4.78, 5) is 70.3. The number of amides is 2. The van der Waals surface area contributed by atoms with Gasteiger partial charge in [0.25, 0.3) is 17.4 Å². The van der Waals surface area contributed by atoms with E-state index in [-0.39, 0.29) is 47.9 Å². The molecule has 2 fully saturated rings. The van der Waals surface area contributed by atoms with E-state index in [4.69, 9.17) is 44.3 Å². The van der Waals surface area contributed by atoms with Crippen LogP contribution in [0.4, 0.5) is 0 Å². The summed E-state index contributed by atoms with van der Waals surface area (Å²) in [6.45, 7) is -0.273. The molecule has 0 bridgehead atoms. The van der Waals surface area contributed by atoms with Crippen LogP contribution in [0, 0.1) is 0 Å². The Bertz CT molecular complexity index is 2370. The number of allylic oxidation sites excluding steroid dienone is 2. The number of phenols is 1. The second kappa shape index (κ2) is 12.0. The quantitative estimate of drug-likeness (QED) is 0.128. The van der Waals surface area contributed by atoms with Gasteiger partial charge in [0, 0.05) is 49.5 Å². The first-order valence-electron chi connectivity index (χ1n) is 15.3. The van der Waals surface area contributed by atoms with E-state index >= 15 is 0 Å². The molecule has 18 heteroatoms. The van der Waals surface area contributed by atoms with Gasteiger partial charge in [0.05, 0.1) is 43.3 Å². The van der Waals surface area contributed by atoms with Crippen LogP contribution in [0.1, 0.15) is 29.6 Å². The Morgan fingerprint density at radius 2 is 1.72 bits per heavy atom. The van der Waals surface area contributed by atoms with Gasteiger partial charge in [0.2, 0.25) is 0 Å². The van der Waals surface area contributed by atoms with E-state index in [1.54, 1.807) is 25.3 Å². The third-order valence-electron chi connectivity index (χ3n) is 9.88. The SMILES string of the molecule is COc1cc2nc(CCn3c(=O)n4n(c3=O)C3CC5(Cl)C(=O)N(CBr)C(=O)C5(Cl)C(c5ccc(O)cc5Cl)C3=CC4)c(=O)n(C)c2cc1OC. The lowest BCUT2D eigenvalue weighted by atomic mass is 9.64. The highest BCUT2D eigenvalue weighted by Crippen LogP contribution is 2.64. The zero-order valence-electron chi connectivity index (χ0n) is 26.7. The summed E-state index contributed by atoms with van der Waals surface area (Å²) >= 11 is 24.2. The highest BCUT2D eigenvalue weighted by Gasteiger charge is 2.75. The molecular formula is C32H28BrCl3N6O8. The molecule has 4 heterocycles. The summed E-state index contributed by atoms with van der Waals surface area (Å²) in [6.07, 6.45) is 1.32. The number of nitrogens with zero attached hydrogens (tertiary/aromatic N) is 6. The van der Waals surface area contributed by atoms with Gasteiger partial charge >= 0.3 is 11.4 Å². The van der Waals surface area contributed by atoms with Crippen LogP contribution in [0.3, 0.4) is 0 Å². The topological polar surface area (TPSA) is 160 Å². The van der Waals surface area contributed by atoms with Gasteiger partial charge in [0.1, 0.15) is 11.4 Å². The second-order valence-corrected chi connectivity index (χ2v) is 14.4. The molecule has 4 aromatic rings. The highest BCUT2D eigenvalue weighted by molar-refractivity contribution is 9.09. The largest absolute Gasteiger partial charge is 0.508 e. The summed E-state index contributed by atoms with van der Waals surface area (Å²) in [6, 6.07) is 6.40. The van der Waals surface area contributed by atoms with Gasteiger partial charge in [-0.05, 0) is 23.3 Å². The minimum absolute atomic E-state index is 0.0570. The van der Waals surface area contributed by atoms with E-state index in [9.17, 15) is 29.1 Å². The maximum Gasteiger partial charge on any atom is 0.347 e. The number of aromatic hydroxyl groups is 1. The molecule has 0 radical (unpaired) electrons. The maximum atomic E-state index is 14.2. The average Bonchev–Trinajstić information content (AvgIpc) is 3.42. The van der Waals surface area contributed by atoms with E-state index in [1.807, 2.05) is 0 Å². The van der Waals surface area contributed by atoms with E-state index in [0.717, 1.165) is 9.47 Å². The number of carbonyl (C=O) groups is 2. The van der Waals surface area contributed by atoms with Crippen molar-refractivity contribution < 1.29 is 24.2 Å². The lowest BCUT2D eigenvalue weighted by Crippen LogP contribution is -2.59. The van der Waals surface area contributed by atoms with Crippen molar-refractivity contribution in [3.05, 3.63) is 89.6 Å². The molecule has 4 atom stereocenters. The van der Waals surface area contributed by atoms with Crippen molar-refractivity contribution in [2.45, 2.75) is 47.6 Å². The maximum absolute atomic E-state index is 14.2. The van der Waals surface area contributed by atoms with Crippen LogP contribution in [0.5, 0.6) is 17.2 Å². The van der Waals surface area contributed by atoms with Crippen molar-refractivity contribution in [2.24, 2.45) is 7.05 Å². The van der Waals surface area contributed by atoms with Crippen LogP contribution in [0.15, 0.2) is 56.4 Å². The molecule has 262 valence electrons. The first kappa shape index (κ1) is 34.4. The molecular weight excluding hydrogens is 783 g/mol. The minimum Gasteiger partial charge on any atom is -0.508 e. The van der Waals surface area contributed by atoms with Crippen LogP contribution in [-0.4, -0.2) is 74.7 Å². The summed E-state index contributed by atoms with van der Waals surface area (Å²) in [5.74, 6) is -1.96. The predicted molar refractivity (Wildman–Crippen MR) is 187 cm³/mol. The lowest BCUT2D eigenvalue weighted by Gasteiger charge is -2.49. The van der Waals surface area contributed by atoms with Gasteiger partial charge in [-0.25, -0.2) is 28.5 Å². The number of hydrogen-bond donors (Lipinski definition) is 1. The van der Waals surface area contributed by atoms with Crippen LogP contribution in [0.2, 0.25) is 5.02 Å². The average molecular weight is 811 g/mol. The second-order valence-electron chi connectivity index (χ2n) is 12.2. The summed E-state index contributed by atoms with van der Waals surface area (Å²) in [7, 11) is 4.54. The van der Waals surface area contributed by atoms with Gasteiger partial charge in [-0.15, -0.1) is 23.2 Å². The molecule has 1 saturated carbocycles. The van der Waals surface area contributed by atoms with Crippen LogP contribution < -0.4 is 26.4 Å². The van der Waals surface area contributed by atoms with Crippen molar-refractivity contribution in [3.63, 3.8) is 0 Å². The number of ether oxygens (including phenoxy) is 2. The van der Waals surface area contributed by atoms with Crippen molar-refractivity contribution >= 4 is 73.6 Å². The zero-order chi connectivity index (χ0) is 36.0. The normalized spacial score (nSPS) is 24.2. The molecule has 0 spiro atoms. The van der Waals surface area contributed by atoms with Crippen molar-refractivity contribution in [3.8, 4) is 17.2 Å². The molecule has 7 rings (SSSR count). The fraction of sp³-hybridized carbons (Fsp3) is 0.375. The molecule has 14 nitrogen and oxygen atoms in total. The smallest absolute Gasteiger partial charge is 0.347 e. The van der Waals surface area contributed by atoms with Crippen LogP contribution in [0.25, 0.3) is 11.0 Å². The molecule has 1 N–H and O–H groups in total. The molecule has 2 aromatic carbocycles. The van der Waals surface area contributed by atoms with Crippen molar-refractivity contribution in [2.75, 3.05) is 19.7 Å². The van der Waals surface area contributed by atoms with Gasteiger partial charge in [-0.1, -0.05) is 39.7 Å². The number of imide groups is 1. The number of carbonyl (C=O) groups excluding carboxylic acids is 2. The Morgan fingerprint density at radius 3 is 2.38 bits per heavy atom. The molecule has 50 heavy (non-hydrogen) atoms. The standard InChI is InChI=1S/C32H28BrCl3N6O8/c1-38-21-12-24(50-3)23(49-2)11-20(21)37-19(26(38)44)7-8-39-29(47)41-9-6-17-22(42(41)30(39)48)13-31(35)27(45)40(14-33)28(46)32(31,36)25(17)16-5-4-15(43)10-18(16)34/h4-6,10-12,22,25,43H,7-9,13-14H2,1-3H3. The van der Waals surface area contributed by atoms with Crippen molar-refractivity contribution in [1.82, 2.24) is 28.4 Å². The Balaban J connectivity index is 1.32. The Labute approximate surface area is 306 Å². The molecule has 1 aliphatic carbocycles. The fourth-order valence-corrected chi connectivity index (χ4v) is 9.12. The number of likely N-dealkylation sites (tertiary alicyclic amines) is 1. The van der Waals surface area contributed by atoms with Crippen LogP contribution in [-0.2, 0) is 36.1 Å². The molecule has 4 unspecified atom stereocenters. The van der Waals surface area contributed by atoms with Gasteiger partial charge in [-0.3, -0.25) is 19.3 Å². The fourth-order valence-electron chi connectivity index (χ4n) is 7.44. The highest BCUT2D eigenvalue weighted by atomic mass is 79.9. The van der Waals surface area contributed by atoms with E-state index in [0.29, 0.717) is 33.7 Å². The number of aromatic nitrogens is 5. The number of methoxy groups -OCH3 is 2. The number of benzene rings is 2.